The lowest BCUT2D eigenvalue weighted by Gasteiger charge is -2.29. The van der Waals surface area contributed by atoms with Gasteiger partial charge in [-0.15, -0.1) is 0 Å². The Morgan fingerprint density at radius 2 is 0.838 bits per heavy atom. The first-order valence-electron chi connectivity index (χ1n) is 28.3. The number of anilines is 1. The SMILES string of the molecule is CC(C)CCC1CCC(CNC(C)C)CC1.CC(C)CCCOCCOCCOCCCC(C)C.CC(C)CCCc1ccc(NC(C)(C)C)cc1.CC(C)CCc1ccc(CNC(C)C)cc1. The highest BCUT2D eigenvalue weighted by Gasteiger charge is 2.21. The van der Waals surface area contributed by atoms with Gasteiger partial charge in [-0.3, -0.25) is 0 Å². The number of hydrogen-bond donors (Lipinski definition) is 3. The van der Waals surface area contributed by atoms with Crippen LogP contribution in [0.15, 0.2) is 48.5 Å². The van der Waals surface area contributed by atoms with Gasteiger partial charge in [0.15, 0.2) is 0 Å². The molecule has 0 atom stereocenters. The molecular formula is C62H117N3O3. The van der Waals surface area contributed by atoms with E-state index in [2.05, 4.69) is 182 Å². The van der Waals surface area contributed by atoms with Crippen LogP contribution in [0.3, 0.4) is 0 Å². The topological polar surface area (TPSA) is 63.8 Å². The number of nitrogens with one attached hydrogen (secondary N) is 3. The van der Waals surface area contributed by atoms with Gasteiger partial charge < -0.3 is 30.2 Å². The molecule has 0 heterocycles. The first-order chi connectivity index (χ1) is 32.1. The maximum Gasteiger partial charge on any atom is 0.0701 e. The molecule has 0 spiro atoms. The Balaban J connectivity index is 0.000000882. The van der Waals surface area contributed by atoms with E-state index in [0.29, 0.717) is 38.5 Å². The quantitative estimate of drug-likeness (QED) is 0.0655. The van der Waals surface area contributed by atoms with E-state index in [-0.39, 0.29) is 5.54 Å². The van der Waals surface area contributed by atoms with Crippen molar-refractivity contribution in [2.24, 2.45) is 41.4 Å². The van der Waals surface area contributed by atoms with Gasteiger partial charge in [0.2, 0.25) is 0 Å². The van der Waals surface area contributed by atoms with Crippen molar-refractivity contribution in [1.29, 1.82) is 0 Å². The Kier molecular flexibility index (Phi) is 40.4. The zero-order chi connectivity index (χ0) is 51.2. The average Bonchev–Trinajstić information content (AvgIpc) is 3.26. The number of rotatable bonds is 31. The smallest absolute Gasteiger partial charge is 0.0701 e. The molecule has 6 nitrogen and oxygen atoms in total. The highest BCUT2D eigenvalue weighted by Crippen LogP contribution is 2.32. The van der Waals surface area contributed by atoms with E-state index in [4.69, 9.17) is 14.2 Å². The molecule has 1 fully saturated rings. The minimum absolute atomic E-state index is 0.138. The van der Waals surface area contributed by atoms with Crippen molar-refractivity contribution in [3.63, 3.8) is 0 Å². The predicted octanol–water partition coefficient (Wildman–Crippen LogP) is 16.8. The standard InChI is InChI=1S/C16H27N.C16H34O3.C15H31N.C15H25N/c1-13(2)7-6-8-14-9-11-15(12-10-14)17-16(3,4)5;1-15(2)7-5-9-17-11-13-19-14-12-18-10-6-8-16(3)4;2*1-12(2)5-6-14-7-9-15(10-8-14)11-16-13(3)4/h9-13,17H,6-8H2,1-5H3;15-16H,5-14H2,1-4H3;12-16H,5-11H2,1-4H3;7-10,12-13,16H,5-6,11H2,1-4H3. The molecule has 2 aromatic rings. The van der Waals surface area contributed by atoms with Gasteiger partial charge in [-0.1, -0.05) is 165 Å². The molecule has 2 aromatic carbocycles. The summed E-state index contributed by atoms with van der Waals surface area (Å²) in [6.07, 6.45) is 19.9. The van der Waals surface area contributed by atoms with Crippen LogP contribution >= 0.6 is 0 Å². The summed E-state index contributed by atoms with van der Waals surface area (Å²) in [6.45, 7) is 44.9. The van der Waals surface area contributed by atoms with Crippen molar-refractivity contribution in [2.75, 3.05) is 51.5 Å². The fraction of sp³-hybridized carbons (Fsp3) is 0.806. The lowest BCUT2D eigenvalue weighted by molar-refractivity contribution is 0.0127. The summed E-state index contributed by atoms with van der Waals surface area (Å²) in [6, 6.07) is 19.1. The molecule has 1 aliphatic rings. The van der Waals surface area contributed by atoms with E-state index in [1.54, 1.807) is 0 Å². The molecule has 3 N–H and O–H groups in total. The van der Waals surface area contributed by atoms with Crippen LogP contribution in [0.2, 0.25) is 0 Å². The zero-order valence-corrected chi connectivity index (χ0v) is 48.3. The lowest BCUT2D eigenvalue weighted by Crippen LogP contribution is -2.31. The van der Waals surface area contributed by atoms with E-state index in [1.165, 1.54) is 112 Å². The molecular weight excluding hydrogens is 835 g/mol. The summed E-state index contributed by atoms with van der Waals surface area (Å²) in [5.41, 5.74) is 5.64. The van der Waals surface area contributed by atoms with Crippen LogP contribution in [0, 0.1) is 41.4 Å². The number of aryl methyl sites for hydroxylation is 2. The second-order valence-corrected chi connectivity index (χ2v) is 24.0. The highest BCUT2D eigenvalue weighted by molar-refractivity contribution is 5.46. The highest BCUT2D eigenvalue weighted by atomic mass is 16.5. The van der Waals surface area contributed by atoms with E-state index < -0.39 is 0 Å². The van der Waals surface area contributed by atoms with Gasteiger partial charge in [-0.05, 0) is 162 Å². The molecule has 398 valence electrons. The zero-order valence-electron chi connectivity index (χ0n) is 48.3. The fourth-order valence-corrected chi connectivity index (χ4v) is 7.93. The van der Waals surface area contributed by atoms with Crippen molar-refractivity contribution < 1.29 is 14.2 Å². The largest absolute Gasteiger partial charge is 0.380 e. The van der Waals surface area contributed by atoms with Crippen LogP contribution in [0.25, 0.3) is 0 Å². The average molecular weight is 953 g/mol. The summed E-state index contributed by atoms with van der Waals surface area (Å²) in [5, 5.41) is 10.5. The van der Waals surface area contributed by atoms with Crippen molar-refractivity contribution in [3.05, 3.63) is 65.2 Å². The van der Waals surface area contributed by atoms with Crippen molar-refractivity contribution >= 4 is 5.69 Å². The second kappa shape index (κ2) is 41.6. The van der Waals surface area contributed by atoms with Gasteiger partial charge in [-0.2, -0.15) is 0 Å². The Morgan fingerprint density at radius 3 is 1.28 bits per heavy atom. The van der Waals surface area contributed by atoms with Crippen LogP contribution in [0.5, 0.6) is 0 Å². The minimum atomic E-state index is 0.138. The van der Waals surface area contributed by atoms with Crippen LogP contribution in [-0.4, -0.2) is 63.8 Å². The fourth-order valence-electron chi connectivity index (χ4n) is 7.93. The van der Waals surface area contributed by atoms with Crippen molar-refractivity contribution in [1.82, 2.24) is 10.6 Å². The van der Waals surface area contributed by atoms with Gasteiger partial charge in [0, 0.05) is 43.1 Å². The summed E-state index contributed by atoms with van der Waals surface area (Å²) in [7, 11) is 0. The summed E-state index contributed by atoms with van der Waals surface area (Å²) in [5.74, 6) is 6.04. The monoisotopic (exact) mass is 952 g/mol. The van der Waals surface area contributed by atoms with Gasteiger partial charge in [0.25, 0.3) is 0 Å². The van der Waals surface area contributed by atoms with Crippen LogP contribution < -0.4 is 16.0 Å². The molecule has 0 aromatic heterocycles. The van der Waals surface area contributed by atoms with Gasteiger partial charge in [0.05, 0.1) is 26.4 Å². The molecule has 0 unspecified atom stereocenters. The Hall–Kier alpha value is -1.96. The molecule has 0 radical (unpaired) electrons. The predicted molar refractivity (Wildman–Crippen MR) is 302 cm³/mol. The third kappa shape index (κ3) is 45.2. The van der Waals surface area contributed by atoms with E-state index in [1.807, 2.05) is 0 Å². The minimum Gasteiger partial charge on any atom is -0.380 e. The van der Waals surface area contributed by atoms with E-state index in [9.17, 15) is 0 Å². The van der Waals surface area contributed by atoms with Crippen LogP contribution in [0.4, 0.5) is 5.69 Å². The molecule has 0 bridgehead atoms. The van der Waals surface area contributed by atoms with E-state index in [0.717, 1.165) is 74.0 Å². The third-order valence-electron chi connectivity index (χ3n) is 12.3. The van der Waals surface area contributed by atoms with Gasteiger partial charge >= 0.3 is 0 Å². The Morgan fingerprint density at radius 1 is 0.441 bits per heavy atom. The van der Waals surface area contributed by atoms with Crippen LogP contribution in [-0.2, 0) is 33.6 Å². The van der Waals surface area contributed by atoms with Crippen molar-refractivity contribution in [3.8, 4) is 0 Å². The molecule has 0 amide bonds. The van der Waals surface area contributed by atoms with E-state index >= 15 is 0 Å². The summed E-state index contributed by atoms with van der Waals surface area (Å²) >= 11 is 0. The lowest BCUT2D eigenvalue weighted by atomic mass is 9.79. The maximum absolute atomic E-state index is 5.49. The first-order valence-corrected chi connectivity index (χ1v) is 28.3. The van der Waals surface area contributed by atoms with Crippen LogP contribution in [0.1, 0.15) is 218 Å². The summed E-state index contributed by atoms with van der Waals surface area (Å²) in [4.78, 5) is 0. The molecule has 0 aliphatic heterocycles. The maximum atomic E-state index is 5.49. The molecule has 1 saturated carbocycles. The molecule has 0 saturated heterocycles. The number of hydrogen-bond acceptors (Lipinski definition) is 6. The normalized spacial score (nSPS) is 15.2. The summed E-state index contributed by atoms with van der Waals surface area (Å²) < 4.78 is 16.4. The number of ether oxygens (including phenoxy) is 3. The number of benzene rings is 2. The molecule has 6 heteroatoms. The van der Waals surface area contributed by atoms with Crippen molar-refractivity contribution in [2.45, 2.75) is 238 Å². The molecule has 68 heavy (non-hydrogen) atoms. The molecule has 1 aliphatic carbocycles. The molecule has 3 rings (SSSR count). The Bertz CT molecular complexity index is 1290. The first kappa shape index (κ1) is 66.0. The third-order valence-corrected chi connectivity index (χ3v) is 12.3. The second-order valence-electron chi connectivity index (χ2n) is 24.0. The Labute approximate surface area is 425 Å². The van der Waals surface area contributed by atoms with Gasteiger partial charge in [0.1, 0.15) is 0 Å². The van der Waals surface area contributed by atoms with Gasteiger partial charge in [-0.25, -0.2) is 0 Å².